The lowest BCUT2D eigenvalue weighted by Gasteiger charge is -2.08. The first-order chi connectivity index (χ1) is 12.2. The van der Waals surface area contributed by atoms with Gasteiger partial charge >= 0.3 is 0 Å². The molecular weight excluding hydrogens is 314 g/mol. The van der Waals surface area contributed by atoms with Gasteiger partial charge < -0.3 is 15.0 Å². The van der Waals surface area contributed by atoms with E-state index in [0.29, 0.717) is 12.8 Å². The fraction of sp³-hybridized carbons (Fsp3) is 0.200. The van der Waals surface area contributed by atoms with Crippen molar-refractivity contribution >= 4 is 11.6 Å². The lowest BCUT2D eigenvalue weighted by atomic mass is 10.1. The summed E-state index contributed by atoms with van der Waals surface area (Å²) in [6.45, 7) is 1.97. The molecule has 3 rings (SSSR count). The van der Waals surface area contributed by atoms with Crippen molar-refractivity contribution in [1.82, 2.24) is 9.97 Å². The molecule has 128 valence electrons. The molecule has 0 saturated carbocycles. The first-order valence-corrected chi connectivity index (χ1v) is 8.19. The number of ether oxygens (including phenoxy) is 1. The van der Waals surface area contributed by atoms with E-state index in [9.17, 15) is 4.79 Å². The van der Waals surface area contributed by atoms with Crippen LogP contribution in [0.2, 0.25) is 0 Å². The summed E-state index contributed by atoms with van der Waals surface area (Å²) in [7, 11) is 1.64. The van der Waals surface area contributed by atoms with Crippen LogP contribution < -0.4 is 10.1 Å². The molecule has 2 N–H and O–H groups in total. The van der Waals surface area contributed by atoms with Crippen LogP contribution in [0, 0.1) is 6.92 Å². The third-order valence-corrected chi connectivity index (χ3v) is 4.05. The van der Waals surface area contributed by atoms with Gasteiger partial charge in [-0.05, 0) is 43.2 Å². The lowest BCUT2D eigenvalue weighted by molar-refractivity contribution is -0.116. The predicted octanol–water partition coefficient (Wildman–Crippen LogP) is 3.97. The van der Waals surface area contributed by atoms with Gasteiger partial charge in [0.2, 0.25) is 5.91 Å². The monoisotopic (exact) mass is 335 g/mol. The van der Waals surface area contributed by atoms with Gasteiger partial charge in [-0.15, -0.1) is 0 Å². The molecule has 0 saturated heterocycles. The van der Waals surface area contributed by atoms with E-state index in [-0.39, 0.29) is 5.91 Å². The van der Waals surface area contributed by atoms with Crippen LogP contribution in [0.15, 0.2) is 54.9 Å². The van der Waals surface area contributed by atoms with Crippen LogP contribution in [-0.2, 0) is 11.2 Å². The molecule has 1 amide bonds. The molecule has 0 aliphatic heterocycles. The highest BCUT2D eigenvalue weighted by molar-refractivity contribution is 5.91. The largest absolute Gasteiger partial charge is 0.497 e. The Bertz CT molecular complexity index is 853. The van der Waals surface area contributed by atoms with E-state index in [1.54, 1.807) is 13.4 Å². The number of nitrogens with zero attached hydrogens (tertiary/aromatic N) is 1. The van der Waals surface area contributed by atoms with Crippen LogP contribution >= 0.6 is 0 Å². The van der Waals surface area contributed by atoms with E-state index in [1.165, 1.54) is 0 Å². The molecule has 0 bridgehead atoms. The number of hydrogen-bond donors (Lipinski definition) is 2. The second-order valence-corrected chi connectivity index (χ2v) is 5.85. The second kappa shape index (κ2) is 7.66. The Kier molecular flexibility index (Phi) is 5.14. The van der Waals surface area contributed by atoms with Gasteiger partial charge in [-0.25, -0.2) is 4.98 Å². The van der Waals surface area contributed by atoms with E-state index in [0.717, 1.165) is 34.0 Å². The zero-order valence-electron chi connectivity index (χ0n) is 14.4. The number of aryl methyl sites for hydroxylation is 2. The van der Waals surface area contributed by atoms with E-state index in [4.69, 9.17) is 4.74 Å². The highest BCUT2D eigenvalue weighted by atomic mass is 16.5. The summed E-state index contributed by atoms with van der Waals surface area (Å²) in [5.41, 5.74) is 4.76. The molecule has 0 fully saturated rings. The minimum absolute atomic E-state index is 0.00767. The number of carbonyl (C=O) groups excluding carboxylic acids is 1. The third-order valence-electron chi connectivity index (χ3n) is 4.05. The maximum absolute atomic E-state index is 12.2. The number of H-pyrrole nitrogens is 1. The minimum Gasteiger partial charge on any atom is -0.497 e. The maximum Gasteiger partial charge on any atom is 0.224 e. The van der Waals surface area contributed by atoms with Gasteiger partial charge in [0.15, 0.2) is 0 Å². The number of carbonyl (C=O) groups is 1. The molecule has 1 heterocycles. The van der Waals surface area contributed by atoms with Crippen molar-refractivity contribution in [2.45, 2.75) is 19.8 Å². The van der Waals surface area contributed by atoms with Gasteiger partial charge in [-0.2, -0.15) is 0 Å². The Labute approximate surface area is 147 Å². The van der Waals surface area contributed by atoms with E-state index in [2.05, 4.69) is 15.3 Å². The maximum atomic E-state index is 12.2. The smallest absolute Gasteiger partial charge is 0.224 e. The summed E-state index contributed by atoms with van der Waals surface area (Å²) in [4.78, 5) is 19.6. The van der Waals surface area contributed by atoms with Crippen LogP contribution in [0.1, 0.15) is 17.7 Å². The van der Waals surface area contributed by atoms with Crippen LogP contribution in [-0.4, -0.2) is 23.0 Å². The summed E-state index contributed by atoms with van der Waals surface area (Å²) < 4.78 is 5.14. The number of imidazole rings is 1. The zero-order chi connectivity index (χ0) is 17.6. The normalized spacial score (nSPS) is 10.5. The number of benzene rings is 2. The molecular formula is C20H21N3O2. The molecule has 2 aromatic carbocycles. The van der Waals surface area contributed by atoms with Crippen molar-refractivity contribution in [3.05, 3.63) is 66.1 Å². The van der Waals surface area contributed by atoms with E-state index in [1.807, 2.05) is 55.5 Å². The van der Waals surface area contributed by atoms with Crippen LogP contribution in [0.4, 0.5) is 5.69 Å². The fourth-order valence-corrected chi connectivity index (χ4v) is 2.67. The van der Waals surface area contributed by atoms with Crippen molar-refractivity contribution in [3.8, 4) is 17.0 Å². The molecule has 0 spiro atoms. The number of rotatable bonds is 6. The summed E-state index contributed by atoms with van der Waals surface area (Å²) in [5.74, 6) is 0.811. The van der Waals surface area contributed by atoms with Crippen LogP contribution in [0.5, 0.6) is 5.75 Å². The molecule has 0 atom stereocenters. The quantitative estimate of drug-likeness (QED) is 0.716. The average Bonchev–Trinajstić information content (AvgIpc) is 3.06. The van der Waals surface area contributed by atoms with Crippen molar-refractivity contribution in [3.63, 3.8) is 0 Å². The molecule has 5 nitrogen and oxygen atoms in total. The first-order valence-electron chi connectivity index (χ1n) is 8.19. The Balaban J connectivity index is 1.60. The summed E-state index contributed by atoms with van der Waals surface area (Å²) >= 11 is 0. The van der Waals surface area contributed by atoms with Gasteiger partial charge in [0.25, 0.3) is 0 Å². The van der Waals surface area contributed by atoms with Gasteiger partial charge in [-0.1, -0.05) is 24.3 Å². The summed E-state index contributed by atoms with van der Waals surface area (Å²) in [5, 5.41) is 2.95. The molecule has 25 heavy (non-hydrogen) atoms. The predicted molar refractivity (Wildman–Crippen MR) is 98.7 cm³/mol. The van der Waals surface area contributed by atoms with Gasteiger partial charge in [0.1, 0.15) is 5.75 Å². The van der Waals surface area contributed by atoms with Crippen molar-refractivity contribution in [2.24, 2.45) is 0 Å². The number of anilines is 1. The minimum atomic E-state index is -0.00767. The zero-order valence-corrected chi connectivity index (χ0v) is 14.4. The highest BCUT2D eigenvalue weighted by Gasteiger charge is 2.07. The van der Waals surface area contributed by atoms with Gasteiger partial charge in [0, 0.05) is 23.4 Å². The Morgan fingerprint density at radius 3 is 2.68 bits per heavy atom. The second-order valence-electron chi connectivity index (χ2n) is 5.85. The standard InChI is InChI=1S/C20H21N3O2/c1-14-20(22-13-21-14)16-4-3-5-17(12-16)23-19(24)11-8-15-6-9-18(25-2)10-7-15/h3-7,9-10,12-13H,8,11H2,1-2H3,(H,21,22)(H,23,24). The van der Waals surface area contributed by atoms with E-state index >= 15 is 0 Å². The van der Waals surface area contributed by atoms with Crippen molar-refractivity contribution in [2.75, 3.05) is 12.4 Å². The Hall–Kier alpha value is -3.08. The Morgan fingerprint density at radius 2 is 2.00 bits per heavy atom. The molecule has 0 aliphatic carbocycles. The number of aromatic nitrogens is 2. The van der Waals surface area contributed by atoms with Crippen molar-refractivity contribution < 1.29 is 9.53 Å². The summed E-state index contributed by atoms with van der Waals surface area (Å²) in [6, 6.07) is 15.5. The lowest BCUT2D eigenvalue weighted by Crippen LogP contribution is -2.12. The van der Waals surface area contributed by atoms with Gasteiger partial charge in [0.05, 0.1) is 19.1 Å². The van der Waals surface area contributed by atoms with Crippen molar-refractivity contribution in [1.29, 1.82) is 0 Å². The molecule has 0 aliphatic rings. The molecule has 3 aromatic rings. The average molecular weight is 335 g/mol. The number of nitrogens with one attached hydrogen (secondary N) is 2. The molecule has 5 heteroatoms. The topological polar surface area (TPSA) is 67.0 Å². The Morgan fingerprint density at radius 1 is 1.20 bits per heavy atom. The third kappa shape index (κ3) is 4.26. The van der Waals surface area contributed by atoms with Crippen LogP contribution in [0.25, 0.3) is 11.3 Å². The molecule has 0 unspecified atom stereocenters. The number of hydrogen-bond acceptors (Lipinski definition) is 3. The SMILES string of the molecule is COc1ccc(CCC(=O)Nc2cccc(-c3nc[nH]c3C)c2)cc1. The molecule has 0 radical (unpaired) electrons. The first kappa shape index (κ1) is 16.8. The fourth-order valence-electron chi connectivity index (χ4n) is 2.67. The summed E-state index contributed by atoms with van der Waals surface area (Å²) in [6.07, 6.45) is 2.79. The number of aromatic amines is 1. The molecule has 1 aromatic heterocycles. The van der Waals surface area contributed by atoms with E-state index < -0.39 is 0 Å². The highest BCUT2D eigenvalue weighted by Crippen LogP contribution is 2.23. The van der Waals surface area contributed by atoms with Crippen LogP contribution in [0.3, 0.4) is 0 Å². The van der Waals surface area contributed by atoms with Gasteiger partial charge in [-0.3, -0.25) is 4.79 Å². The number of amides is 1. The number of methoxy groups -OCH3 is 1.